The van der Waals surface area contributed by atoms with Crippen molar-refractivity contribution in [3.63, 3.8) is 0 Å². The van der Waals surface area contributed by atoms with Crippen LogP contribution >= 0.6 is 23.2 Å². The molecule has 3 aromatic carbocycles. The van der Waals surface area contributed by atoms with Crippen molar-refractivity contribution in [2.45, 2.75) is 25.9 Å². The summed E-state index contributed by atoms with van der Waals surface area (Å²) < 4.78 is 41.0. The molecule has 3 rings (SSSR count). The molecule has 0 spiro atoms. The van der Waals surface area contributed by atoms with Gasteiger partial charge in [0.05, 0.1) is 22.0 Å². The highest BCUT2D eigenvalue weighted by molar-refractivity contribution is 7.92. The molecule has 1 atom stereocenters. The number of hydrogen-bond donors (Lipinski definition) is 1. The summed E-state index contributed by atoms with van der Waals surface area (Å²) in [5.41, 5.74) is 1.09. The van der Waals surface area contributed by atoms with Gasteiger partial charge in [-0.2, -0.15) is 0 Å². The van der Waals surface area contributed by atoms with E-state index in [0.29, 0.717) is 6.54 Å². The third kappa shape index (κ3) is 7.69. The van der Waals surface area contributed by atoms with Crippen molar-refractivity contribution >= 4 is 50.7 Å². The smallest absolute Gasteiger partial charge is 0.244 e. The number of nitrogens with one attached hydrogen (secondary N) is 1. The fraction of sp³-hybridized carbons (Fsp3) is 0.259. The first-order valence-electron chi connectivity index (χ1n) is 11.8. The van der Waals surface area contributed by atoms with Gasteiger partial charge in [-0.15, -0.1) is 0 Å². The molecule has 3 aromatic rings. The summed E-state index contributed by atoms with van der Waals surface area (Å²) >= 11 is 12.1. The Labute approximate surface area is 232 Å². The van der Waals surface area contributed by atoms with Crippen LogP contribution in [0.2, 0.25) is 10.0 Å². The van der Waals surface area contributed by atoms with Gasteiger partial charge in [0.1, 0.15) is 18.4 Å². The summed E-state index contributed by atoms with van der Waals surface area (Å²) in [6.45, 7) is 1.16. The van der Waals surface area contributed by atoms with Crippen LogP contribution in [0.15, 0.2) is 72.8 Å². The predicted octanol–water partition coefficient (Wildman–Crippen LogP) is 4.67. The van der Waals surface area contributed by atoms with Crippen molar-refractivity contribution in [2.75, 3.05) is 23.7 Å². The molecule has 0 aliphatic carbocycles. The lowest BCUT2D eigenvalue weighted by molar-refractivity contribution is -0.140. The van der Waals surface area contributed by atoms with Crippen LogP contribution in [0, 0.1) is 5.82 Å². The fourth-order valence-electron chi connectivity index (χ4n) is 3.91. The van der Waals surface area contributed by atoms with Crippen LogP contribution in [0.4, 0.5) is 10.1 Å². The molecule has 0 saturated heterocycles. The van der Waals surface area contributed by atoms with E-state index in [1.807, 2.05) is 30.3 Å². The van der Waals surface area contributed by atoms with Crippen LogP contribution in [0.1, 0.15) is 18.1 Å². The second-order valence-electron chi connectivity index (χ2n) is 8.58. The zero-order chi connectivity index (χ0) is 27.9. The maximum atomic E-state index is 14.7. The zero-order valence-corrected chi connectivity index (χ0v) is 23.2. The van der Waals surface area contributed by atoms with Gasteiger partial charge in [-0.3, -0.25) is 13.9 Å². The monoisotopic (exact) mass is 579 g/mol. The molecule has 7 nitrogen and oxygen atoms in total. The van der Waals surface area contributed by atoms with Crippen molar-refractivity contribution in [2.24, 2.45) is 0 Å². The Morgan fingerprint density at radius 1 is 0.974 bits per heavy atom. The second kappa shape index (κ2) is 13.1. The average molecular weight is 581 g/mol. The van der Waals surface area contributed by atoms with Crippen molar-refractivity contribution in [1.82, 2.24) is 10.2 Å². The topological polar surface area (TPSA) is 86.8 Å². The van der Waals surface area contributed by atoms with Crippen LogP contribution in [-0.4, -0.2) is 50.5 Å². The molecule has 2 amide bonds. The number of benzene rings is 3. The molecule has 0 radical (unpaired) electrons. The molecule has 1 unspecified atom stereocenters. The van der Waals surface area contributed by atoms with Crippen LogP contribution in [0.5, 0.6) is 0 Å². The number of rotatable bonds is 11. The summed E-state index contributed by atoms with van der Waals surface area (Å²) in [6.07, 6.45) is 1.09. The first-order valence-corrected chi connectivity index (χ1v) is 14.4. The Balaban J connectivity index is 2.06. The van der Waals surface area contributed by atoms with Gasteiger partial charge in [-0.05, 0) is 36.8 Å². The Morgan fingerprint density at radius 2 is 1.63 bits per heavy atom. The van der Waals surface area contributed by atoms with Gasteiger partial charge in [0.25, 0.3) is 0 Å². The molecule has 0 heterocycles. The molecule has 0 bridgehead atoms. The maximum Gasteiger partial charge on any atom is 0.244 e. The third-order valence-corrected chi connectivity index (χ3v) is 7.67. The molecule has 0 aliphatic heterocycles. The average Bonchev–Trinajstić information content (AvgIpc) is 2.87. The molecule has 11 heteroatoms. The molecule has 0 fully saturated rings. The number of carbonyl (C=O) groups excluding carboxylic acids is 2. The van der Waals surface area contributed by atoms with Crippen LogP contribution in [0.25, 0.3) is 0 Å². The minimum Gasteiger partial charge on any atom is -0.355 e. The zero-order valence-electron chi connectivity index (χ0n) is 20.9. The van der Waals surface area contributed by atoms with E-state index in [9.17, 15) is 22.4 Å². The summed E-state index contributed by atoms with van der Waals surface area (Å²) in [7, 11) is -3.96. The van der Waals surface area contributed by atoms with Crippen molar-refractivity contribution in [3.05, 3.63) is 99.8 Å². The highest BCUT2D eigenvalue weighted by Crippen LogP contribution is 2.29. The number of sulfonamides is 1. The second-order valence-corrected chi connectivity index (χ2v) is 11.3. The molecule has 1 N–H and O–H groups in total. The first-order chi connectivity index (χ1) is 18.0. The normalized spacial score (nSPS) is 12.0. The summed E-state index contributed by atoms with van der Waals surface area (Å²) in [4.78, 5) is 28.3. The van der Waals surface area contributed by atoms with E-state index in [1.165, 1.54) is 41.3 Å². The highest BCUT2D eigenvalue weighted by atomic mass is 35.5. The minimum atomic E-state index is -3.96. The summed E-state index contributed by atoms with van der Waals surface area (Å²) in [5.74, 6) is -1.69. The van der Waals surface area contributed by atoms with Gasteiger partial charge in [0, 0.05) is 25.1 Å². The molecule has 0 saturated carbocycles. The predicted molar refractivity (Wildman–Crippen MR) is 148 cm³/mol. The van der Waals surface area contributed by atoms with E-state index >= 15 is 0 Å². The van der Waals surface area contributed by atoms with Gasteiger partial charge >= 0.3 is 0 Å². The summed E-state index contributed by atoms with van der Waals surface area (Å²) in [5, 5.41) is 3.07. The molecule has 0 aliphatic rings. The lowest BCUT2D eigenvalue weighted by atomic mass is 10.0. The number of anilines is 1. The van der Waals surface area contributed by atoms with Crippen molar-refractivity contribution < 1.29 is 22.4 Å². The molecule has 38 heavy (non-hydrogen) atoms. The third-order valence-electron chi connectivity index (χ3n) is 5.79. The molecular weight excluding hydrogens is 552 g/mol. The molecule has 0 aromatic heterocycles. The number of likely N-dealkylation sites (N-methyl/N-ethyl adjacent to an activating group) is 1. The Bertz CT molecular complexity index is 1390. The Morgan fingerprint density at radius 3 is 2.24 bits per heavy atom. The SMILES string of the molecule is CCNC(=O)C(Cc1ccccc1)N(Cc1ccccc1F)C(=O)CN(c1ccc(Cl)c(Cl)c1)S(C)(=O)=O. The van der Waals surface area contributed by atoms with Gasteiger partial charge in [-0.1, -0.05) is 71.7 Å². The summed E-state index contributed by atoms with van der Waals surface area (Å²) in [6, 6.07) is 18.1. The van der Waals surface area contributed by atoms with Crippen LogP contribution in [0.3, 0.4) is 0 Å². The van der Waals surface area contributed by atoms with Crippen molar-refractivity contribution in [3.8, 4) is 0 Å². The number of carbonyl (C=O) groups is 2. The lowest BCUT2D eigenvalue weighted by Gasteiger charge is -2.33. The first kappa shape index (κ1) is 29.4. The fourth-order valence-corrected chi connectivity index (χ4v) is 5.04. The largest absolute Gasteiger partial charge is 0.355 e. The van der Waals surface area contributed by atoms with Gasteiger partial charge in [0.2, 0.25) is 21.8 Å². The van der Waals surface area contributed by atoms with Crippen LogP contribution in [-0.2, 0) is 32.6 Å². The number of hydrogen-bond acceptors (Lipinski definition) is 4. The van der Waals surface area contributed by atoms with Gasteiger partial charge < -0.3 is 10.2 Å². The van der Waals surface area contributed by atoms with E-state index in [4.69, 9.17) is 23.2 Å². The van der Waals surface area contributed by atoms with E-state index in [-0.39, 0.29) is 34.3 Å². The lowest BCUT2D eigenvalue weighted by Crippen LogP contribution is -2.53. The van der Waals surface area contributed by atoms with Crippen molar-refractivity contribution in [1.29, 1.82) is 0 Å². The van der Waals surface area contributed by atoms with Gasteiger partial charge in [0.15, 0.2) is 0 Å². The van der Waals surface area contributed by atoms with Gasteiger partial charge in [-0.25, -0.2) is 12.8 Å². The number of amides is 2. The number of nitrogens with zero attached hydrogens (tertiary/aromatic N) is 2. The van der Waals surface area contributed by atoms with Crippen LogP contribution < -0.4 is 9.62 Å². The number of halogens is 3. The quantitative estimate of drug-likeness (QED) is 0.357. The van der Waals surface area contributed by atoms with E-state index < -0.39 is 40.2 Å². The van der Waals surface area contributed by atoms with E-state index in [0.717, 1.165) is 16.1 Å². The minimum absolute atomic E-state index is 0.109. The maximum absolute atomic E-state index is 14.7. The highest BCUT2D eigenvalue weighted by Gasteiger charge is 2.33. The molecular formula is C27H28Cl2FN3O4S. The standard InChI is InChI=1S/C27H28Cl2FN3O4S/c1-3-31-27(35)25(15-19-9-5-4-6-10-19)32(17-20-11-7-8-12-24(20)30)26(34)18-33(38(2,36)37)21-13-14-22(28)23(29)16-21/h4-14,16,25H,3,15,17-18H2,1-2H3,(H,31,35). The molecule has 202 valence electrons. The Kier molecular flexibility index (Phi) is 10.1. The Hall–Kier alpha value is -3.14. The van der Waals surface area contributed by atoms with E-state index in [2.05, 4.69) is 5.32 Å². The van der Waals surface area contributed by atoms with E-state index in [1.54, 1.807) is 13.0 Å².